The second-order valence-electron chi connectivity index (χ2n) is 7.82. The average molecular weight is 405 g/mol. The third-order valence-corrected chi connectivity index (χ3v) is 3.97. The SMILES string of the molecule is CCC[C@H](NC(=O)OC(C)(C)C)C(=O)N[C@H](/C=C/C(=O)O)CCc1ccccc1. The van der Waals surface area contributed by atoms with E-state index in [1.165, 1.54) is 6.08 Å². The zero-order valence-electron chi connectivity index (χ0n) is 17.6. The van der Waals surface area contributed by atoms with Crippen molar-refractivity contribution in [2.45, 2.75) is 71.1 Å². The van der Waals surface area contributed by atoms with Crippen LogP contribution in [0, 0.1) is 0 Å². The highest BCUT2D eigenvalue weighted by molar-refractivity contribution is 5.86. The summed E-state index contributed by atoms with van der Waals surface area (Å²) in [6.45, 7) is 7.15. The molecule has 0 bridgehead atoms. The van der Waals surface area contributed by atoms with Gasteiger partial charge in [-0.15, -0.1) is 0 Å². The number of nitrogens with one attached hydrogen (secondary N) is 2. The Balaban J connectivity index is 2.79. The molecule has 0 radical (unpaired) electrons. The van der Waals surface area contributed by atoms with Crippen LogP contribution in [-0.2, 0) is 20.7 Å². The number of carboxylic acid groups (broad SMARTS) is 1. The predicted molar refractivity (Wildman–Crippen MR) is 112 cm³/mol. The van der Waals surface area contributed by atoms with Gasteiger partial charge < -0.3 is 20.5 Å². The van der Waals surface area contributed by atoms with E-state index in [1.54, 1.807) is 20.8 Å². The molecule has 0 spiro atoms. The molecule has 0 aliphatic carbocycles. The Morgan fingerprint density at radius 1 is 1.10 bits per heavy atom. The fourth-order valence-corrected chi connectivity index (χ4v) is 2.67. The van der Waals surface area contributed by atoms with Crippen LogP contribution in [0.2, 0.25) is 0 Å². The van der Waals surface area contributed by atoms with E-state index in [4.69, 9.17) is 9.84 Å². The summed E-state index contributed by atoms with van der Waals surface area (Å²) in [6.07, 6.45) is 4.16. The van der Waals surface area contributed by atoms with Crippen molar-refractivity contribution in [3.05, 3.63) is 48.0 Å². The van der Waals surface area contributed by atoms with Gasteiger partial charge in [0.2, 0.25) is 5.91 Å². The van der Waals surface area contributed by atoms with Gasteiger partial charge in [-0.1, -0.05) is 49.8 Å². The zero-order chi connectivity index (χ0) is 21.9. The lowest BCUT2D eigenvalue weighted by Gasteiger charge is -2.24. The normalized spacial score (nSPS) is 13.5. The van der Waals surface area contributed by atoms with Gasteiger partial charge in [0.1, 0.15) is 11.6 Å². The lowest BCUT2D eigenvalue weighted by Crippen LogP contribution is -2.50. The highest BCUT2D eigenvalue weighted by Crippen LogP contribution is 2.09. The number of aryl methyl sites for hydroxylation is 1. The molecule has 160 valence electrons. The van der Waals surface area contributed by atoms with Crippen molar-refractivity contribution in [2.24, 2.45) is 0 Å². The third-order valence-electron chi connectivity index (χ3n) is 3.97. The lowest BCUT2D eigenvalue weighted by molar-refractivity contribution is -0.131. The maximum atomic E-state index is 12.7. The molecule has 1 rings (SSSR count). The van der Waals surface area contributed by atoms with Crippen LogP contribution in [0.1, 0.15) is 52.5 Å². The minimum Gasteiger partial charge on any atom is -0.478 e. The van der Waals surface area contributed by atoms with E-state index in [1.807, 2.05) is 37.3 Å². The average Bonchev–Trinajstić information content (AvgIpc) is 2.62. The van der Waals surface area contributed by atoms with Crippen molar-refractivity contribution in [1.29, 1.82) is 0 Å². The van der Waals surface area contributed by atoms with Gasteiger partial charge in [-0.3, -0.25) is 4.79 Å². The topological polar surface area (TPSA) is 105 Å². The van der Waals surface area contributed by atoms with E-state index in [0.29, 0.717) is 25.7 Å². The molecule has 0 saturated carbocycles. The molecule has 2 amide bonds. The summed E-state index contributed by atoms with van der Waals surface area (Å²) in [4.78, 5) is 35.7. The number of amides is 2. The Kier molecular flexibility index (Phi) is 9.92. The minimum absolute atomic E-state index is 0.370. The number of hydrogen-bond donors (Lipinski definition) is 3. The minimum atomic E-state index is -1.08. The Morgan fingerprint density at radius 3 is 2.31 bits per heavy atom. The Hall–Kier alpha value is -2.83. The quantitative estimate of drug-likeness (QED) is 0.518. The zero-order valence-corrected chi connectivity index (χ0v) is 17.6. The van der Waals surface area contributed by atoms with Gasteiger partial charge >= 0.3 is 12.1 Å². The summed E-state index contributed by atoms with van der Waals surface area (Å²) in [5.41, 5.74) is 0.423. The maximum Gasteiger partial charge on any atom is 0.408 e. The van der Waals surface area contributed by atoms with Crippen molar-refractivity contribution < 1.29 is 24.2 Å². The lowest BCUT2D eigenvalue weighted by atomic mass is 10.0. The molecule has 2 atom stereocenters. The number of alkyl carbamates (subject to hydrolysis) is 1. The summed E-state index contributed by atoms with van der Waals surface area (Å²) in [5.74, 6) is -1.45. The standard InChI is InChI=1S/C22H32N2O5/c1-5-9-18(24-21(28)29-22(2,3)4)20(27)23-17(14-15-19(25)26)13-12-16-10-7-6-8-11-16/h6-8,10-11,14-15,17-18H,5,9,12-13H2,1-4H3,(H,23,27)(H,24,28)(H,25,26)/b15-14+/t17-,18-/m0/s1. The molecule has 0 fully saturated rings. The van der Waals surface area contributed by atoms with Gasteiger partial charge in [0.15, 0.2) is 0 Å². The fourth-order valence-electron chi connectivity index (χ4n) is 2.67. The summed E-state index contributed by atoms with van der Waals surface area (Å²) in [7, 11) is 0. The van der Waals surface area contributed by atoms with Crippen LogP contribution in [0.4, 0.5) is 4.79 Å². The van der Waals surface area contributed by atoms with E-state index < -0.39 is 29.7 Å². The largest absolute Gasteiger partial charge is 0.478 e. The molecular weight excluding hydrogens is 372 g/mol. The first-order valence-corrected chi connectivity index (χ1v) is 9.85. The van der Waals surface area contributed by atoms with Crippen LogP contribution in [0.5, 0.6) is 0 Å². The molecule has 29 heavy (non-hydrogen) atoms. The first-order valence-electron chi connectivity index (χ1n) is 9.85. The molecule has 0 aliphatic heterocycles. The van der Waals surface area contributed by atoms with Gasteiger partial charge in [0.25, 0.3) is 0 Å². The molecule has 0 heterocycles. The summed E-state index contributed by atoms with van der Waals surface area (Å²) in [6, 6.07) is 8.50. The van der Waals surface area contributed by atoms with Gasteiger partial charge in [-0.2, -0.15) is 0 Å². The molecule has 0 unspecified atom stereocenters. The second-order valence-corrected chi connectivity index (χ2v) is 7.82. The molecular formula is C22H32N2O5. The smallest absolute Gasteiger partial charge is 0.408 e. The van der Waals surface area contributed by atoms with Crippen molar-refractivity contribution in [3.8, 4) is 0 Å². The van der Waals surface area contributed by atoms with E-state index in [-0.39, 0.29) is 5.91 Å². The molecule has 0 aliphatic rings. The summed E-state index contributed by atoms with van der Waals surface area (Å²) in [5, 5.41) is 14.4. The molecule has 0 saturated heterocycles. The monoisotopic (exact) mass is 404 g/mol. The fraction of sp³-hybridized carbons (Fsp3) is 0.500. The van der Waals surface area contributed by atoms with E-state index >= 15 is 0 Å². The van der Waals surface area contributed by atoms with Crippen LogP contribution >= 0.6 is 0 Å². The van der Waals surface area contributed by atoms with Crippen LogP contribution in [0.25, 0.3) is 0 Å². The highest BCUT2D eigenvalue weighted by Gasteiger charge is 2.25. The number of hydrogen-bond acceptors (Lipinski definition) is 4. The number of carbonyl (C=O) groups is 3. The second kappa shape index (κ2) is 11.9. The van der Waals surface area contributed by atoms with Gasteiger partial charge in [-0.05, 0) is 45.6 Å². The number of aliphatic carboxylic acids is 1. The third kappa shape index (κ3) is 10.9. The first kappa shape index (κ1) is 24.2. The Labute approximate surface area is 172 Å². The molecule has 7 heteroatoms. The predicted octanol–water partition coefficient (Wildman–Crippen LogP) is 3.44. The Bertz CT molecular complexity index is 695. The van der Waals surface area contributed by atoms with Crippen molar-refractivity contribution in [1.82, 2.24) is 10.6 Å². The maximum absolute atomic E-state index is 12.7. The molecule has 1 aromatic carbocycles. The van der Waals surface area contributed by atoms with E-state index in [2.05, 4.69) is 10.6 Å². The summed E-state index contributed by atoms with van der Waals surface area (Å²) < 4.78 is 5.23. The Morgan fingerprint density at radius 2 is 1.76 bits per heavy atom. The van der Waals surface area contributed by atoms with Gasteiger partial charge in [0.05, 0.1) is 0 Å². The molecule has 1 aromatic rings. The van der Waals surface area contributed by atoms with Crippen molar-refractivity contribution in [2.75, 3.05) is 0 Å². The van der Waals surface area contributed by atoms with Crippen molar-refractivity contribution in [3.63, 3.8) is 0 Å². The number of carbonyl (C=O) groups excluding carboxylic acids is 2. The number of carboxylic acids is 1. The van der Waals surface area contributed by atoms with Crippen LogP contribution in [0.15, 0.2) is 42.5 Å². The van der Waals surface area contributed by atoms with Crippen molar-refractivity contribution >= 4 is 18.0 Å². The summed E-state index contributed by atoms with van der Waals surface area (Å²) >= 11 is 0. The van der Waals surface area contributed by atoms with Gasteiger partial charge in [-0.25, -0.2) is 9.59 Å². The van der Waals surface area contributed by atoms with Crippen LogP contribution < -0.4 is 10.6 Å². The molecule has 7 nitrogen and oxygen atoms in total. The van der Waals surface area contributed by atoms with Crippen LogP contribution in [-0.4, -0.2) is 40.8 Å². The highest BCUT2D eigenvalue weighted by atomic mass is 16.6. The van der Waals surface area contributed by atoms with Gasteiger partial charge in [0, 0.05) is 12.1 Å². The molecule has 0 aromatic heterocycles. The first-order chi connectivity index (χ1) is 13.6. The van der Waals surface area contributed by atoms with E-state index in [9.17, 15) is 14.4 Å². The van der Waals surface area contributed by atoms with Crippen LogP contribution in [0.3, 0.4) is 0 Å². The number of rotatable bonds is 10. The van der Waals surface area contributed by atoms with E-state index in [0.717, 1.165) is 11.6 Å². The molecule has 3 N–H and O–H groups in total. The number of benzene rings is 1. The number of ether oxygens (including phenoxy) is 1.